The second kappa shape index (κ2) is 9.61. The van der Waals surface area contributed by atoms with Gasteiger partial charge in [0.2, 0.25) is 0 Å². The Balaban J connectivity index is 2.46. The molecule has 5 nitrogen and oxygen atoms in total. The molecule has 0 aromatic rings. The highest BCUT2D eigenvalue weighted by molar-refractivity contribution is 7.91. The number of rotatable bonds is 8. The van der Waals surface area contributed by atoms with Crippen molar-refractivity contribution < 1.29 is 39.9 Å². The molecule has 11 heteroatoms. The average molecular weight is 449 g/mol. The molecule has 1 aliphatic heterocycles. The molecular weight excluding hydrogens is 421 g/mol. The summed E-state index contributed by atoms with van der Waals surface area (Å²) in [6.45, 7) is 5.78. The molecule has 29 heavy (non-hydrogen) atoms. The van der Waals surface area contributed by atoms with Gasteiger partial charge < -0.3 is 9.64 Å². The van der Waals surface area contributed by atoms with Crippen LogP contribution in [0.3, 0.4) is 0 Å². The first kappa shape index (κ1) is 25.6. The van der Waals surface area contributed by atoms with Gasteiger partial charge in [0, 0.05) is 13.0 Å². The predicted molar refractivity (Wildman–Crippen MR) is 98.6 cm³/mol. The number of hydrogen-bond acceptors (Lipinski definition) is 4. The van der Waals surface area contributed by atoms with Gasteiger partial charge in [0.25, 0.3) is 0 Å². The quantitative estimate of drug-likeness (QED) is 0.397. The normalized spacial score (nSPS) is 19.2. The maximum atomic E-state index is 12.8. The smallest absolute Gasteiger partial charge is 0.444 e. The number of amides is 1. The summed E-state index contributed by atoms with van der Waals surface area (Å²) in [5, 5.41) is 0. The summed E-state index contributed by atoms with van der Waals surface area (Å²) in [5.41, 5.74) is -0.634. The molecule has 0 radical (unpaired) electrons. The van der Waals surface area contributed by atoms with Crippen molar-refractivity contribution in [2.24, 2.45) is 0 Å². The number of carbonyl (C=O) groups excluding carboxylic acids is 1. The van der Waals surface area contributed by atoms with Gasteiger partial charge in [-0.25, -0.2) is 13.2 Å². The van der Waals surface area contributed by atoms with E-state index in [1.54, 1.807) is 37.8 Å². The molecule has 1 amide bonds. The number of halogens is 5. The lowest BCUT2D eigenvalue weighted by atomic mass is 10.2. The molecular formula is C18H28F5NO4S. The monoisotopic (exact) mass is 449 g/mol. The van der Waals surface area contributed by atoms with Crippen LogP contribution < -0.4 is 0 Å². The third kappa shape index (κ3) is 8.88. The zero-order chi connectivity index (χ0) is 22.5. The van der Waals surface area contributed by atoms with E-state index in [0.717, 1.165) is 6.42 Å². The Morgan fingerprint density at radius 3 is 2.31 bits per heavy atom. The number of ether oxygens (including phenoxy) is 1. The van der Waals surface area contributed by atoms with E-state index in [-0.39, 0.29) is 18.2 Å². The first-order chi connectivity index (χ1) is 13.0. The lowest BCUT2D eigenvalue weighted by Crippen LogP contribution is -2.39. The van der Waals surface area contributed by atoms with E-state index in [0.29, 0.717) is 13.0 Å². The van der Waals surface area contributed by atoms with Gasteiger partial charge >= 0.3 is 18.2 Å². The lowest BCUT2D eigenvalue weighted by Gasteiger charge is -2.27. The van der Waals surface area contributed by atoms with Crippen LogP contribution in [0.1, 0.15) is 52.9 Å². The lowest BCUT2D eigenvalue weighted by molar-refractivity contribution is -0.284. The number of sulfone groups is 1. The van der Waals surface area contributed by atoms with E-state index in [4.69, 9.17) is 4.74 Å². The Morgan fingerprint density at radius 2 is 1.76 bits per heavy atom. The minimum Gasteiger partial charge on any atom is -0.444 e. The maximum Gasteiger partial charge on any atom is 0.453 e. The fourth-order valence-electron chi connectivity index (χ4n) is 2.80. The second-order valence-corrected chi connectivity index (χ2v) is 10.4. The van der Waals surface area contributed by atoms with Crippen LogP contribution in [0.15, 0.2) is 12.2 Å². The Bertz CT molecular complexity index is 683. The molecule has 1 saturated heterocycles. The molecule has 1 rings (SSSR count). The summed E-state index contributed by atoms with van der Waals surface area (Å²) in [7, 11) is -3.76. The van der Waals surface area contributed by atoms with E-state index in [1.165, 1.54) is 0 Å². The van der Waals surface area contributed by atoms with Crippen LogP contribution >= 0.6 is 0 Å². The van der Waals surface area contributed by atoms with Crippen molar-refractivity contribution in [3.8, 4) is 0 Å². The molecule has 170 valence electrons. The number of likely N-dealkylation sites (tertiary alicyclic amines) is 1. The maximum absolute atomic E-state index is 12.8. The molecule has 0 aromatic heterocycles. The van der Waals surface area contributed by atoms with Crippen molar-refractivity contribution in [3.63, 3.8) is 0 Å². The van der Waals surface area contributed by atoms with Gasteiger partial charge in [0.1, 0.15) is 5.60 Å². The standard InChI is InChI=1S/C18H28F5NO4S/c1-16(2,3)28-15(25)24-11-6-9-14(24)8-4-5-12-29(26,27)13-7-10-17(19,20)18(21,22)23/h4,8,14H,5-7,9-13H2,1-3H3/b8-4+/t14-/m1/s1. The van der Waals surface area contributed by atoms with Gasteiger partial charge in [0.05, 0.1) is 17.5 Å². The molecule has 0 unspecified atom stereocenters. The highest BCUT2D eigenvalue weighted by atomic mass is 32.2. The minimum atomic E-state index is -5.68. The minimum absolute atomic E-state index is 0.0800. The third-order valence-electron chi connectivity index (χ3n) is 4.24. The molecule has 0 bridgehead atoms. The molecule has 1 heterocycles. The van der Waals surface area contributed by atoms with Gasteiger partial charge in [0.15, 0.2) is 9.84 Å². The third-order valence-corrected chi connectivity index (χ3v) is 6.01. The van der Waals surface area contributed by atoms with Gasteiger partial charge in [-0.15, -0.1) is 0 Å². The van der Waals surface area contributed by atoms with Gasteiger partial charge in [-0.05, 0) is 46.5 Å². The summed E-state index contributed by atoms with van der Waals surface area (Å²) >= 11 is 0. The number of nitrogens with zero attached hydrogens (tertiary/aromatic N) is 1. The Kier molecular flexibility index (Phi) is 8.50. The first-order valence-electron chi connectivity index (χ1n) is 9.35. The molecule has 0 N–H and O–H groups in total. The highest BCUT2D eigenvalue weighted by Gasteiger charge is 2.56. The van der Waals surface area contributed by atoms with E-state index in [1.807, 2.05) is 0 Å². The van der Waals surface area contributed by atoms with E-state index in [9.17, 15) is 35.2 Å². The molecule has 1 aliphatic rings. The van der Waals surface area contributed by atoms with Crippen molar-refractivity contribution in [2.75, 3.05) is 18.1 Å². The first-order valence-corrected chi connectivity index (χ1v) is 11.2. The van der Waals surface area contributed by atoms with Crippen LogP contribution in [-0.4, -0.2) is 61.2 Å². The SMILES string of the molecule is CC(C)(C)OC(=O)N1CCC[C@H]1/C=C/CCS(=O)(=O)CCCC(F)(F)C(F)(F)F. The fourth-order valence-corrected chi connectivity index (χ4v) is 4.08. The summed E-state index contributed by atoms with van der Waals surface area (Å²) in [5.74, 6) is -5.99. The van der Waals surface area contributed by atoms with Gasteiger partial charge in [-0.2, -0.15) is 22.0 Å². The van der Waals surface area contributed by atoms with Crippen LogP contribution in [0.5, 0.6) is 0 Å². The van der Waals surface area contributed by atoms with Crippen LogP contribution in [0.4, 0.5) is 26.7 Å². The van der Waals surface area contributed by atoms with Crippen LogP contribution in [0.2, 0.25) is 0 Å². The molecule has 0 spiro atoms. The zero-order valence-electron chi connectivity index (χ0n) is 16.8. The second-order valence-electron chi connectivity index (χ2n) is 8.06. The Morgan fingerprint density at radius 1 is 1.14 bits per heavy atom. The van der Waals surface area contributed by atoms with E-state index in [2.05, 4.69) is 0 Å². The van der Waals surface area contributed by atoms with Crippen molar-refractivity contribution in [1.82, 2.24) is 4.90 Å². The van der Waals surface area contributed by atoms with E-state index >= 15 is 0 Å². The van der Waals surface area contributed by atoms with Crippen molar-refractivity contribution >= 4 is 15.9 Å². The molecule has 0 aliphatic carbocycles. The largest absolute Gasteiger partial charge is 0.453 e. The van der Waals surface area contributed by atoms with Crippen molar-refractivity contribution in [1.29, 1.82) is 0 Å². The number of carbonyl (C=O) groups is 1. The highest BCUT2D eigenvalue weighted by Crippen LogP contribution is 2.38. The summed E-state index contributed by atoms with van der Waals surface area (Å²) < 4.78 is 90.9. The van der Waals surface area contributed by atoms with Crippen LogP contribution in [0, 0.1) is 0 Å². The van der Waals surface area contributed by atoms with Crippen LogP contribution in [-0.2, 0) is 14.6 Å². The average Bonchev–Trinajstić information content (AvgIpc) is 2.97. The summed E-state index contributed by atoms with van der Waals surface area (Å²) in [4.78, 5) is 13.7. The van der Waals surface area contributed by atoms with Crippen molar-refractivity contribution in [2.45, 2.75) is 76.6 Å². The molecule has 1 fully saturated rings. The number of alkyl halides is 5. The Hall–Kier alpha value is -1.39. The number of allylic oxidation sites excluding steroid dienone is 1. The zero-order valence-corrected chi connectivity index (χ0v) is 17.6. The topological polar surface area (TPSA) is 63.7 Å². The summed E-state index contributed by atoms with van der Waals surface area (Å²) in [6, 6.07) is -0.224. The van der Waals surface area contributed by atoms with Gasteiger partial charge in [-0.1, -0.05) is 12.2 Å². The molecule has 1 atom stereocenters. The van der Waals surface area contributed by atoms with Crippen LogP contribution in [0.25, 0.3) is 0 Å². The molecule has 0 saturated carbocycles. The van der Waals surface area contributed by atoms with Gasteiger partial charge in [-0.3, -0.25) is 0 Å². The summed E-state index contributed by atoms with van der Waals surface area (Å²) in [6.07, 6.45) is -3.62. The van der Waals surface area contributed by atoms with Crippen molar-refractivity contribution in [3.05, 3.63) is 12.2 Å². The number of hydrogen-bond donors (Lipinski definition) is 0. The predicted octanol–water partition coefficient (Wildman–Crippen LogP) is 4.72. The molecule has 0 aromatic carbocycles. The fraction of sp³-hybridized carbons (Fsp3) is 0.833. The Labute approximate surface area is 168 Å². The van der Waals surface area contributed by atoms with E-state index < -0.39 is 52.2 Å².